The summed E-state index contributed by atoms with van der Waals surface area (Å²) < 4.78 is 0. The highest BCUT2D eigenvalue weighted by Crippen LogP contribution is 2.37. The van der Waals surface area contributed by atoms with Gasteiger partial charge in [0.15, 0.2) is 0 Å². The summed E-state index contributed by atoms with van der Waals surface area (Å²) in [6.45, 7) is 12.4. The van der Waals surface area contributed by atoms with Gasteiger partial charge in [-0.1, -0.05) is 36.4 Å². The Labute approximate surface area is 137 Å². The second-order valence-corrected chi connectivity index (χ2v) is 5.71. The van der Waals surface area contributed by atoms with E-state index in [1.54, 1.807) is 0 Å². The molecule has 0 spiro atoms. The molecule has 4 nitrogen and oxygen atoms in total. The molecule has 1 heterocycles. The van der Waals surface area contributed by atoms with E-state index in [0.717, 1.165) is 49.8 Å². The fourth-order valence-electron chi connectivity index (χ4n) is 3.05. The van der Waals surface area contributed by atoms with Gasteiger partial charge in [0.05, 0.1) is 11.4 Å². The normalized spacial score (nSPS) is 15.4. The Balaban J connectivity index is 1.67. The Bertz CT molecular complexity index is 673. The molecular formula is C19H22N4. The van der Waals surface area contributed by atoms with Gasteiger partial charge in [0.25, 0.3) is 0 Å². The van der Waals surface area contributed by atoms with Gasteiger partial charge in [-0.3, -0.25) is 14.9 Å². The van der Waals surface area contributed by atoms with Gasteiger partial charge in [-0.05, 0) is 31.1 Å². The van der Waals surface area contributed by atoms with Crippen LogP contribution in [0.2, 0.25) is 0 Å². The molecule has 1 saturated heterocycles. The first-order valence-electron chi connectivity index (χ1n) is 7.89. The van der Waals surface area contributed by atoms with E-state index in [9.17, 15) is 0 Å². The van der Waals surface area contributed by atoms with Crippen LogP contribution in [0.3, 0.4) is 0 Å². The molecule has 1 aliphatic heterocycles. The number of benzene rings is 2. The summed E-state index contributed by atoms with van der Waals surface area (Å²) in [5.41, 5.74) is 4.10. The maximum atomic E-state index is 4.16. The lowest BCUT2D eigenvalue weighted by Gasteiger charge is -2.36. The smallest absolute Gasteiger partial charge is 0.111 e. The van der Waals surface area contributed by atoms with Crippen LogP contribution >= 0.6 is 0 Å². The molecule has 0 aliphatic carbocycles. The summed E-state index contributed by atoms with van der Waals surface area (Å²) in [6, 6.07) is 16.6. The molecule has 23 heavy (non-hydrogen) atoms. The maximum absolute atomic E-state index is 4.16. The SMILES string of the molecule is C=Nc1cccc(N2CCN(Cc3ccccc3)CC2)c1N=C. The van der Waals surface area contributed by atoms with E-state index in [4.69, 9.17) is 0 Å². The number of hydrogen-bond donors (Lipinski definition) is 0. The lowest BCUT2D eigenvalue weighted by Crippen LogP contribution is -2.46. The van der Waals surface area contributed by atoms with E-state index in [2.05, 4.69) is 69.6 Å². The minimum atomic E-state index is 0.796. The van der Waals surface area contributed by atoms with Crippen molar-refractivity contribution in [3.63, 3.8) is 0 Å². The van der Waals surface area contributed by atoms with Crippen molar-refractivity contribution in [2.24, 2.45) is 9.98 Å². The summed E-state index contributed by atoms with van der Waals surface area (Å²) >= 11 is 0. The third-order valence-corrected chi connectivity index (χ3v) is 4.28. The van der Waals surface area contributed by atoms with Crippen LogP contribution in [0, 0.1) is 0 Å². The highest BCUT2D eigenvalue weighted by molar-refractivity contribution is 5.81. The first-order chi connectivity index (χ1) is 11.3. The number of anilines is 1. The van der Waals surface area contributed by atoms with Gasteiger partial charge in [-0.25, -0.2) is 0 Å². The van der Waals surface area contributed by atoms with Crippen LogP contribution in [-0.2, 0) is 6.54 Å². The second-order valence-electron chi connectivity index (χ2n) is 5.71. The Morgan fingerprint density at radius 2 is 1.57 bits per heavy atom. The van der Waals surface area contributed by atoms with E-state index in [0.29, 0.717) is 0 Å². The Morgan fingerprint density at radius 1 is 0.826 bits per heavy atom. The van der Waals surface area contributed by atoms with Crippen molar-refractivity contribution in [3.8, 4) is 0 Å². The Hall–Kier alpha value is -2.46. The van der Waals surface area contributed by atoms with Crippen LogP contribution in [0.5, 0.6) is 0 Å². The number of rotatable bonds is 5. The molecule has 0 bridgehead atoms. The van der Waals surface area contributed by atoms with Crippen molar-refractivity contribution in [1.82, 2.24) is 4.90 Å². The van der Waals surface area contributed by atoms with Gasteiger partial charge < -0.3 is 4.90 Å². The molecule has 3 rings (SSSR count). The van der Waals surface area contributed by atoms with Crippen LogP contribution < -0.4 is 4.90 Å². The zero-order valence-electron chi connectivity index (χ0n) is 13.4. The van der Waals surface area contributed by atoms with Crippen LogP contribution in [0.15, 0.2) is 58.5 Å². The molecule has 1 fully saturated rings. The quantitative estimate of drug-likeness (QED) is 0.789. The minimum Gasteiger partial charge on any atom is -0.367 e. The van der Waals surface area contributed by atoms with Crippen molar-refractivity contribution < 1.29 is 0 Å². The summed E-state index contributed by atoms with van der Waals surface area (Å²) in [7, 11) is 0. The molecule has 118 valence electrons. The molecule has 0 amide bonds. The molecule has 1 aliphatic rings. The molecular weight excluding hydrogens is 284 g/mol. The average molecular weight is 306 g/mol. The molecule has 0 aromatic heterocycles. The van der Waals surface area contributed by atoms with Gasteiger partial charge in [-0.15, -0.1) is 0 Å². The van der Waals surface area contributed by atoms with Crippen molar-refractivity contribution in [2.45, 2.75) is 6.54 Å². The molecule has 0 radical (unpaired) electrons. The largest absolute Gasteiger partial charge is 0.367 e. The molecule has 2 aromatic rings. The number of para-hydroxylation sites is 1. The molecule has 0 saturated carbocycles. The van der Waals surface area contributed by atoms with Gasteiger partial charge >= 0.3 is 0 Å². The minimum absolute atomic E-state index is 0.796. The fraction of sp³-hybridized carbons (Fsp3) is 0.263. The van der Waals surface area contributed by atoms with Crippen LogP contribution in [0.25, 0.3) is 0 Å². The molecule has 0 atom stereocenters. The van der Waals surface area contributed by atoms with Crippen LogP contribution in [0.4, 0.5) is 17.1 Å². The van der Waals surface area contributed by atoms with Gasteiger partial charge in [0.2, 0.25) is 0 Å². The lowest BCUT2D eigenvalue weighted by molar-refractivity contribution is 0.250. The highest BCUT2D eigenvalue weighted by atomic mass is 15.3. The predicted molar refractivity (Wildman–Crippen MR) is 98.8 cm³/mol. The van der Waals surface area contributed by atoms with E-state index in [1.165, 1.54) is 5.56 Å². The number of piperazine rings is 1. The third-order valence-electron chi connectivity index (χ3n) is 4.28. The first-order valence-corrected chi connectivity index (χ1v) is 7.89. The Kier molecular flexibility index (Phi) is 4.83. The molecule has 4 heteroatoms. The third kappa shape index (κ3) is 3.48. The lowest BCUT2D eigenvalue weighted by atomic mass is 10.1. The summed E-state index contributed by atoms with van der Waals surface area (Å²) in [6.07, 6.45) is 0. The standard InChI is InChI=1S/C19H22N4/c1-20-17-9-6-10-18(19(17)21-2)23-13-11-22(12-14-23)15-16-7-4-3-5-8-16/h3-10H,1-2,11-15H2. The average Bonchev–Trinajstić information content (AvgIpc) is 2.62. The van der Waals surface area contributed by atoms with Gasteiger partial charge in [0, 0.05) is 32.7 Å². The van der Waals surface area contributed by atoms with Gasteiger partial charge in [0.1, 0.15) is 5.69 Å². The number of hydrogen-bond acceptors (Lipinski definition) is 4. The maximum Gasteiger partial charge on any atom is 0.111 e. The number of aliphatic imine (C=N–C) groups is 2. The van der Waals surface area contributed by atoms with Crippen molar-refractivity contribution in [1.29, 1.82) is 0 Å². The van der Waals surface area contributed by atoms with Crippen molar-refractivity contribution in [2.75, 3.05) is 31.1 Å². The van der Waals surface area contributed by atoms with E-state index in [1.807, 2.05) is 12.1 Å². The van der Waals surface area contributed by atoms with E-state index >= 15 is 0 Å². The monoisotopic (exact) mass is 306 g/mol. The summed E-state index contributed by atoms with van der Waals surface area (Å²) in [5, 5.41) is 0. The first kappa shape index (κ1) is 15.4. The van der Waals surface area contributed by atoms with Crippen LogP contribution in [0.1, 0.15) is 5.56 Å². The predicted octanol–water partition coefficient (Wildman–Crippen LogP) is 3.67. The topological polar surface area (TPSA) is 31.2 Å². The van der Waals surface area contributed by atoms with Crippen LogP contribution in [-0.4, -0.2) is 44.5 Å². The molecule has 0 unspecified atom stereocenters. The second kappa shape index (κ2) is 7.20. The summed E-state index contributed by atoms with van der Waals surface area (Å²) in [4.78, 5) is 13.1. The fourth-order valence-corrected chi connectivity index (χ4v) is 3.05. The molecule has 2 aromatic carbocycles. The van der Waals surface area contributed by atoms with E-state index < -0.39 is 0 Å². The summed E-state index contributed by atoms with van der Waals surface area (Å²) in [5.74, 6) is 0. The highest BCUT2D eigenvalue weighted by Gasteiger charge is 2.20. The van der Waals surface area contributed by atoms with Crippen molar-refractivity contribution >= 4 is 30.5 Å². The zero-order valence-corrected chi connectivity index (χ0v) is 13.4. The van der Waals surface area contributed by atoms with E-state index in [-0.39, 0.29) is 0 Å². The Morgan fingerprint density at radius 3 is 2.22 bits per heavy atom. The van der Waals surface area contributed by atoms with Gasteiger partial charge in [-0.2, -0.15) is 0 Å². The number of nitrogens with zero attached hydrogens (tertiary/aromatic N) is 4. The molecule has 0 N–H and O–H groups in total. The zero-order chi connectivity index (χ0) is 16.1. The van der Waals surface area contributed by atoms with Crippen molar-refractivity contribution in [3.05, 3.63) is 54.1 Å².